The summed E-state index contributed by atoms with van der Waals surface area (Å²) in [5, 5.41) is 12.0. The molecule has 0 spiro atoms. The molecule has 0 atom stereocenters. The predicted molar refractivity (Wildman–Crippen MR) is 78.7 cm³/mol. The van der Waals surface area contributed by atoms with E-state index in [9.17, 15) is 14.9 Å². The van der Waals surface area contributed by atoms with Crippen LogP contribution in [0.25, 0.3) is 21.8 Å². The van der Waals surface area contributed by atoms with E-state index in [-0.39, 0.29) is 27.0 Å². The second-order valence-corrected chi connectivity index (χ2v) is 5.06. The van der Waals surface area contributed by atoms with E-state index in [0.717, 1.165) is 0 Å². The van der Waals surface area contributed by atoms with Crippen LogP contribution in [0.2, 0.25) is 10.0 Å². The van der Waals surface area contributed by atoms with Crippen molar-refractivity contribution in [1.82, 2.24) is 4.98 Å². The van der Waals surface area contributed by atoms with Crippen molar-refractivity contribution in [3.63, 3.8) is 0 Å². The fourth-order valence-corrected chi connectivity index (χ4v) is 2.57. The molecule has 0 amide bonds. The number of H-pyrrole nitrogens is 1. The van der Waals surface area contributed by atoms with Crippen LogP contribution in [0.4, 0.5) is 5.69 Å². The van der Waals surface area contributed by atoms with Crippen molar-refractivity contribution in [2.75, 3.05) is 0 Å². The van der Waals surface area contributed by atoms with Gasteiger partial charge in [0.05, 0.1) is 20.8 Å². The van der Waals surface area contributed by atoms with Gasteiger partial charge < -0.3 is 4.98 Å². The highest BCUT2D eigenvalue weighted by Gasteiger charge is 2.18. The van der Waals surface area contributed by atoms with Crippen molar-refractivity contribution < 1.29 is 4.92 Å². The Balaban J connectivity index is 2.62. The van der Waals surface area contributed by atoms with Crippen molar-refractivity contribution in [3.8, 4) is 0 Å². The molecule has 0 saturated heterocycles. The van der Waals surface area contributed by atoms with Gasteiger partial charge in [-0.1, -0.05) is 23.2 Å². The van der Waals surface area contributed by atoms with E-state index in [0.29, 0.717) is 15.9 Å². The summed E-state index contributed by atoms with van der Waals surface area (Å²) in [7, 11) is 0. The Morgan fingerprint density at radius 2 is 1.90 bits per heavy atom. The molecule has 0 unspecified atom stereocenters. The zero-order valence-electron chi connectivity index (χ0n) is 9.81. The molecule has 5 nitrogen and oxygen atoms in total. The van der Waals surface area contributed by atoms with E-state index in [1.54, 1.807) is 12.1 Å². The van der Waals surface area contributed by atoms with E-state index in [1.165, 1.54) is 18.2 Å². The van der Waals surface area contributed by atoms with Crippen LogP contribution in [0.1, 0.15) is 0 Å². The van der Waals surface area contributed by atoms with Crippen molar-refractivity contribution in [2.45, 2.75) is 0 Å². The number of nitro groups is 1. The number of nitrogens with one attached hydrogen (secondary N) is 1. The minimum Gasteiger partial charge on any atom is -0.349 e. The topological polar surface area (TPSA) is 76.0 Å². The van der Waals surface area contributed by atoms with Gasteiger partial charge in [0.25, 0.3) is 5.69 Å². The van der Waals surface area contributed by atoms with Crippen molar-refractivity contribution >= 4 is 50.7 Å². The number of nitro benzene ring substituents is 1. The lowest BCUT2D eigenvalue weighted by atomic mass is 10.1. The first-order valence-corrected chi connectivity index (χ1v) is 6.33. The molecule has 20 heavy (non-hydrogen) atoms. The molecular formula is C13H6Cl2N2O3. The molecule has 2 aromatic carbocycles. The zero-order chi connectivity index (χ0) is 14.4. The molecule has 1 N–H and O–H groups in total. The molecule has 1 aromatic heterocycles. The largest absolute Gasteiger partial charge is 0.349 e. The van der Waals surface area contributed by atoms with Crippen LogP contribution in [-0.4, -0.2) is 9.91 Å². The van der Waals surface area contributed by atoms with Crippen molar-refractivity contribution in [2.24, 2.45) is 0 Å². The molecule has 0 saturated carbocycles. The Morgan fingerprint density at radius 3 is 2.60 bits per heavy atom. The second-order valence-electron chi connectivity index (χ2n) is 4.22. The maximum atomic E-state index is 12.5. The highest BCUT2D eigenvalue weighted by atomic mass is 35.5. The SMILES string of the molecule is O=c1c2cc(Cl)ccc2[nH]c2c([N+](=O)[O-])ccc(Cl)c12. The number of non-ortho nitro benzene ring substituents is 1. The normalized spacial score (nSPS) is 11.1. The summed E-state index contributed by atoms with van der Waals surface area (Å²) in [5.41, 5.74) is 0.00268. The summed E-state index contributed by atoms with van der Waals surface area (Å²) in [6.45, 7) is 0. The van der Waals surface area contributed by atoms with E-state index < -0.39 is 4.92 Å². The number of pyridine rings is 1. The third kappa shape index (κ3) is 1.83. The van der Waals surface area contributed by atoms with Crippen LogP contribution in [0, 0.1) is 10.1 Å². The summed E-state index contributed by atoms with van der Waals surface area (Å²) in [6.07, 6.45) is 0. The number of rotatable bonds is 1. The van der Waals surface area contributed by atoms with Gasteiger partial charge in [0, 0.05) is 16.5 Å². The molecule has 0 aliphatic heterocycles. The predicted octanol–water partition coefficient (Wildman–Crippen LogP) is 3.90. The summed E-state index contributed by atoms with van der Waals surface area (Å²) < 4.78 is 0. The number of aromatic amines is 1. The summed E-state index contributed by atoms with van der Waals surface area (Å²) in [4.78, 5) is 25.8. The summed E-state index contributed by atoms with van der Waals surface area (Å²) in [5.74, 6) is 0. The van der Waals surface area contributed by atoms with Gasteiger partial charge in [-0.2, -0.15) is 0 Å². The van der Waals surface area contributed by atoms with E-state index in [4.69, 9.17) is 23.2 Å². The number of aromatic nitrogens is 1. The number of benzene rings is 2. The summed E-state index contributed by atoms with van der Waals surface area (Å²) in [6, 6.07) is 7.31. The monoisotopic (exact) mass is 308 g/mol. The molecule has 0 aliphatic rings. The van der Waals surface area contributed by atoms with E-state index in [1.807, 2.05) is 0 Å². The van der Waals surface area contributed by atoms with Gasteiger partial charge in [0.1, 0.15) is 5.52 Å². The first kappa shape index (κ1) is 12.9. The van der Waals surface area contributed by atoms with Crippen LogP contribution in [0.5, 0.6) is 0 Å². The third-order valence-electron chi connectivity index (χ3n) is 3.04. The molecular weight excluding hydrogens is 303 g/mol. The number of nitrogens with zero attached hydrogens (tertiary/aromatic N) is 1. The Kier molecular flexibility index (Phi) is 2.88. The van der Waals surface area contributed by atoms with E-state index in [2.05, 4.69) is 4.98 Å². The number of halogens is 2. The molecule has 100 valence electrons. The van der Waals surface area contributed by atoms with Crippen LogP contribution in [0.3, 0.4) is 0 Å². The molecule has 3 aromatic rings. The fourth-order valence-electron chi connectivity index (χ4n) is 2.15. The van der Waals surface area contributed by atoms with Crippen molar-refractivity contribution in [1.29, 1.82) is 0 Å². The van der Waals surface area contributed by atoms with Crippen LogP contribution in [0.15, 0.2) is 35.1 Å². The lowest BCUT2D eigenvalue weighted by Crippen LogP contribution is -2.06. The van der Waals surface area contributed by atoms with Gasteiger partial charge in [0.2, 0.25) is 0 Å². The fraction of sp³-hybridized carbons (Fsp3) is 0. The second kappa shape index (κ2) is 4.47. The smallest absolute Gasteiger partial charge is 0.293 e. The molecule has 0 aliphatic carbocycles. The summed E-state index contributed by atoms with van der Waals surface area (Å²) >= 11 is 11.9. The lowest BCUT2D eigenvalue weighted by molar-refractivity contribution is -0.383. The first-order chi connectivity index (χ1) is 9.49. The maximum Gasteiger partial charge on any atom is 0.293 e. The minimum atomic E-state index is -0.559. The van der Waals surface area contributed by atoms with Gasteiger partial charge in [0.15, 0.2) is 5.43 Å². The molecule has 3 rings (SSSR count). The highest BCUT2D eigenvalue weighted by molar-refractivity contribution is 6.36. The van der Waals surface area contributed by atoms with Gasteiger partial charge in [-0.15, -0.1) is 0 Å². The van der Waals surface area contributed by atoms with Gasteiger partial charge in [-0.3, -0.25) is 14.9 Å². The third-order valence-corrected chi connectivity index (χ3v) is 3.59. The maximum absolute atomic E-state index is 12.5. The zero-order valence-corrected chi connectivity index (χ0v) is 11.3. The van der Waals surface area contributed by atoms with Gasteiger partial charge in [-0.25, -0.2) is 0 Å². The van der Waals surface area contributed by atoms with Gasteiger partial charge in [-0.05, 0) is 24.3 Å². The Morgan fingerprint density at radius 1 is 1.15 bits per heavy atom. The minimum absolute atomic E-state index is 0.0932. The van der Waals surface area contributed by atoms with Gasteiger partial charge >= 0.3 is 0 Å². The molecule has 0 radical (unpaired) electrons. The standard InChI is InChI=1S/C13H6Cl2N2O3/c14-6-1-3-9-7(5-6)13(18)11-8(15)2-4-10(17(19)20)12(11)16-9/h1-5H,(H,16,18). The molecule has 0 bridgehead atoms. The Bertz CT molecular complexity index is 934. The molecule has 7 heteroatoms. The molecule has 0 fully saturated rings. The number of hydrogen-bond donors (Lipinski definition) is 1. The van der Waals surface area contributed by atoms with Crippen LogP contribution >= 0.6 is 23.2 Å². The Hall–Kier alpha value is -2.11. The average Bonchev–Trinajstić information content (AvgIpc) is 2.39. The number of fused-ring (bicyclic) bond motifs is 2. The van der Waals surface area contributed by atoms with Crippen LogP contribution in [-0.2, 0) is 0 Å². The Labute approximate surface area is 121 Å². The van der Waals surface area contributed by atoms with Crippen LogP contribution < -0.4 is 5.43 Å². The van der Waals surface area contributed by atoms with E-state index >= 15 is 0 Å². The first-order valence-electron chi connectivity index (χ1n) is 5.57. The molecule has 1 heterocycles. The average molecular weight is 309 g/mol. The highest BCUT2D eigenvalue weighted by Crippen LogP contribution is 2.29. The number of hydrogen-bond acceptors (Lipinski definition) is 3. The quantitative estimate of drug-likeness (QED) is 0.421. The lowest BCUT2D eigenvalue weighted by Gasteiger charge is -2.05. The van der Waals surface area contributed by atoms with Crippen molar-refractivity contribution in [3.05, 3.63) is 60.7 Å².